The maximum atomic E-state index is 11.8. The van der Waals surface area contributed by atoms with Crippen molar-refractivity contribution in [3.8, 4) is 0 Å². The zero-order chi connectivity index (χ0) is 25.5. The molecule has 0 aliphatic rings. The van der Waals surface area contributed by atoms with Gasteiger partial charge in [0.25, 0.3) is 0 Å². The third-order valence-electron chi connectivity index (χ3n) is 4.39. The molecule has 0 N–H and O–H groups in total. The molecule has 4 rings (SSSR count). The number of benzene rings is 4. The van der Waals surface area contributed by atoms with Crippen molar-refractivity contribution in [3.05, 3.63) is 143 Å². The van der Waals surface area contributed by atoms with Gasteiger partial charge in [-0.3, -0.25) is 9.59 Å². The van der Waals surface area contributed by atoms with Gasteiger partial charge in [-0.2, -0.15) is 0 Å². The average molecular weight is 573 g/mol. The van der Waals surface area contributed by atoms with Crippen molar-refractivity contribution in [1.29, 1.82) is 0 Å². The topological polar surface area (TPSA) is 86.7 Å². The molecule has 4 aromatic carbocycles. The van der Waals surface area contributed by atoms with E-state index >= 15 is 0 Å². The zero-order valence-corrected chi connectivity index (χ0v) is 22.4. The molecule has 0 spiro atoms. The molecule has 0 bridgehead atoms. The summed E-state index contributed by atoms with van der Waals surface area (Å²) in [6.07, 6.45) is 0. The Morgan fingerprint density at radius 3 is 1.00 bits per heavy atom. The molecule has 0 fully saturated rings. The first kappa shape index (κ1) is 27.8. The second-order valence-electron chi connectivity index (χ2n) is 7.10. The summed E-state index contributed by atoms with van der Waals surface area (Å²) in [4.78, 5) is 28.1. The summed E-state index contributed by atoms with van der Waals surface area (Å²) in [5, 5.41) is 24.2. The maximum absolute atomic E-state index is 11.8. The van der Waals surface area contributed by atoms with Crippen LogP contribution in [-0.2, 0) is 0 Å². The molecule has 7 heteroatoms. The van der Waals surface area contributed by atoms with Gasteiger partial charge in [0, 0.05) is 22.5 Å². The average Bonchev–Trinajstić information content (AvgIpc) is 2.94. The fourth-order valence-electron chi connectivity index (χ4n) is 2.76. The monoisotopic (exact) mass is 574 g/mol. The van der Waals surface area contributed by atoms with Crippen LogP contribution in [0.2, 0.25) is 9.88 Å². The number of amides is 2. The van der Waals surface area contributed by atoms with Crippen LogP contribution in [0.1, 0.15) is 20.7 Å². The molecule has 0 saturated heterocycles. The van der Waals surface area contributed by atoms with Crippen LogP contribution in [0.25, 0.3) is 0 Å². The van der Waals surface area contributed by atoms with Gasteiger partial charge in [-0.05, 0) is 48.5 Å². The predicted molar refractivity (Wildman–Crippen MR) is 144 cm³/mol. The van der Waals surface area contributed by atoms with E-state index in [9.17, 15) is 20.0 Å². The van der Waals surface area contributed by atoms with Crippen molar-refractivity contribution in [1.82, 2.24) is 0 Å². The molecule has 6 nitrogen and oxygen atoms in total. The molecule has 0 radical (unpaired) electrons. The van der Waals surface area contributed by atoms with Gasteiger partial charge in [0.1, 0.15) is 0 Å². The number of carbonyl (C=O) groups is 2. The Bertz CT molecular complexity index is 1050. The molecule has 4 aromatic rings. The van der Waals surface area contributed by atoms with Gasteiger partial charge in [0.05, 0.1) is 0 Å². The molecule has 0 heterocycles. The third kappa shape index (κ3) is 9.01. The van der Waals surface area contributed by atoms with E-state index < -0.39 is 11.8 Å². The Hall–Kier alpha value is -3.46. The Kier molecular flexibility index (Phi) is 12.3. The number of carbonyl (C=O) groups excluding carboxylic acids is 2. The van der Waals surface area contributed by atoms with E-state index in [1.807, 2.05) is 0 Å². The van der Waals surface area contributed by atoms with Crippen molar-refractivity contribution >= 4 is 44.3 Å². The number of hydrogen-bond donors (Lipinski definition) is 0. The van der Waals surface area contributed by atoms with Crippen LogP contribution in [0.5, 0.6) is 0 Å². The molecular formula is C28H26N2O4Sn. The van der Waals surface area contributed by atoms with Crippen LogP contribution in [0.15, 0.2) is 121 Å². The summed E-state index contributed by atoms with van der Waals surface area (Å²) in [6.45, 7) is 0. The molecule has 35 heavy (non-hydrogen) atoms. The van der Waals surface area contributed by atoms with Crippen molar-refractivity contribution in [2.75, 3.05) is 10.1 Å². The molecule has 0 saturated carbocycles. The molecule has 0 aliphatic carbocycles. The van der Waals surface area contributed by atoms with Crippen LogP contribution in [0, 0.1) is 10.4 Å². The molecule has 176 valence electrons. The number of nitrogens with zero attached hydrogens (tertiary/aromatic N) is 2. The predicted octanol–water partition coefficient (Wildman–Crippen LogP) is 6.45. The van der Waals surface area contributed by atoms with Crippen LogP contribution < -0.4 is 10.1 Å². The molecule has 2 amide bonds. The number of rotatable bonds is 4. The fourth-order valence-corrected chi connectivity index (χ4v) is 2.76. The second kappa shape index (κ2) is 15.4. The first-order valence-corrected chi connectivity index (χ1v) is 16.5. The zero-order valence-electron chi connectivity index (χ0n) is 19.6. The third-order valence-corrected chi connectivity index (χ3v) is 4.39. The molecule has 0 aliphatic heterocycles. The first-order chi connectivity index (χ1) is 17.0. The summed E-state index contributed by atoms with van der Waals surface area (Å²) in [5.74, 6) is -1.10. The molecular weight excluding hydrogens is 547 g/mol. The minimum atomic E-state index is -0.549. The number of anilines is 2. The van der Waals surface area contributed by atoms with Gasteiger partial charge in [0.15, 0.2) is 0 Å². The van der Waals surface area contributed by atoms with Gasteiger partial charge in [-0.25, -0.2) is 0 Å². The number of hydrogen-bond acceptors (Lipinski definition) is 4. The molecule has 0 atom stereocenters. The molecule has 0 unspecified atom stereocenters. The Morgan fingerprint density at radius 2 is 0.743 bits per heavy atom. The van der Waals surface area contributed by atoms with Gasteiger partial charge in [-0.15, -0.1) is 0 Å². The standard InChI is InChI=1S/2C13H10NO2.2CH3.Sn/c2*15-13(11-7-3-1-4-8-11)14(16)12-9-5-2-6-10-12;;;/h2*1-10H;2*1H3;/q2*-1;;;+2. The van der Waals surface area contributed by atoms with Crippen LogP contribution in [0.3, 0.4) is 0 Å². The van der Waals surface area contributed by atoms with Gasteiger partial charge < -0.3 is 20.5 Å². The SMILES string of the molecule is O=C(c1ccccc1)N([O-])c1ccccc1.O=C(c1ccccc1)N([O-])c1ccccc1.[CH3][Sn+2][CH3]. The Balaban J connectivity index is 0.000000222. The van der Waals surface area contributed by atoms with Gasteiger partial charge in [-0.1, -0.05) is 72.8 Å². The summed E-state index contributed by atoms with van der Waals surface area (Å²) in [6, 6.07) is 33.9. The molecule has 0 aromatic heterocycles. The minimum absolute atomic E-state index is 0.230. The van der Waals surface area contributed by atoms with E-state index in [0.29, 0.717) is 32.6 Å². The van der Waals surface area contributed by atoms with Crippen molar-refractivity contribution in [3.63, 3.8) is 0 Å². The second-order valence-corrected chi connectivity index (χ2v) is 9.96. The normalized spacial score (nSPS) is 9.26. The fraction of sp³-hybridized carbons (Fsp3) is 0.0714. The van der Waals surface area contributed by atoms with Crippen LogP contribution in [-0.4, -0.2) is 33.0 Å². The van der Waals surface area contributed by atoms with Crippen LogP contribution in [0.4, 0.5) is 11.4 Å². The van der Waals surface area contributed by atoms with E-state index in [-0.39, 0.29) is 21.1 Å². The van der Waals surface area contributed by atoms with Crippen molar-refractivity contribution in [2.24, 2.45) is 0 Å². The first-order valence-electron chi connectivity index (χ1n) is 10.8. The summed E-state index contributed by atoms with van der Waals surface area (Å²) in [7, 11) is 0. The summed E-state index contributed by atoms with van der Waals surface area (Å²) in [5.41, 5.74) is 1.47. The number of para-hydroxylation sites is 2. The van der Waals surface area contributed by atoms with E-state index in [1.54, 1.807) is 121 Å². The van der Waals surface area contributed by atoms with Crippen molar-refractivity contribution in [2.45, 2.75) is 9.88 Å². The number of hydroxylamine groups is 2. The Morgan fingerprint density at radius 1 is 0.514 bits per heavy atom. The van der Waals surface area contributed by atoms with E-state index in [1.165, 1.54) is 0 Å². The Labute approximate surface area is 216 Å². The van der Waals surface area contributed by atoms with E-state index in [0.717, 1.165) is 0 Å². The summed E-state index contributed by atoms with van der Waals surface area (Å²) < 4.78 is 0. The summed E-state index contributed by atoms with van der Waals surface area (Å²) >= 11 is 0.230. The quantitative estimate of drug-likeness (QED) is 0.208. The van der Waals surface area contributed by atoms with E-state index in [4.69, 9.17) is 0 Å². The van der Waals surface area contributed by atoms with Crippen LogP contribution >= 0.6 is 0 Å². The van der Waals surface area contributed by atoms with Crippen molar-refractivity contribution < 1.29 is 9.59 Å². The van der Waals surface area contributed by atoms with Gasteiger partial charge in [0.2, 0.25) is 11.8 Å². The van der Waals surface area contributed by atoms with Gasteiger partial charge >= 0.3 is 31.0 Å². The van der Waals surface area contributed by atoms with E-state index in [2.05, 4.69) is 9.88 Å².